The summed E-state index contributed by atoms with van der Waals surface area (Å²) in [5.41, 5.74) is 1.14. The predicted octanol–water partition coefficient (Wildman–Crippen LogP) is 0.725. The molecular formula is C10H17N3O2. The smallest absolute Gasteiger partial charge is 0.122 e. The Balaban J connectivity index is 1.98. The number of piperidine rings is 1. The molecule has 5 nitrogen and oxygen atoms in total. The van der Waals surface area contributed by atoms with Crippen molar-refractivity contribution >= 4 is 0 Å². The van der Waals surface area contributed by atoms with E-state index in [0.29, 0.717) is 13.1 Å². The Bertz CT molecular complexity index is 335. The van der Waals surface area contributed by atoms with Gasteiger partial charge in [0.15, 0.2) is 0 Å². The van der Waals surface area contributed by atoms with Crippen LogP contribution in [0.3, 0.4) is 0 Å². The monoisotopic (exact) mass is 211 g/mol. The first-order valence-electron chi connectivity index (χ1n) is 5.30. The number of likely N-dealkylation sites (tertiary alicyclic amines) is 1. The maximum Gasteiger partial charge on any atom is 0.122 e. The summed E-state index contributed by atoms with van der Waals surface area (Å²) in [6.07, 6.45) is 1.90. The molecule has 1 fully saturated rings. The molecule has 84 valence electrons. The molecule has 1 aromatic heterocycles. The molecule has 0 amide bonds. The zero-order chi connectivity index (χ0) is 10.9. The molecule has 1 aliphatic rings. The van der Waals surface area contributed by atoms with E-state index in [1.165, 1.54) is 0 Å². The third-order valence-corrected chi connectivity index (χ3v) is 2.87. The van der Waals surface area contributed by atoms with Crippen molar-refractivity contribution in [1.29, 1.82) is 0 Å². The van der Waals surface area contributed by atoms with Gasteiger partial charge in [-0.05, 0) is 33.2 Å². The van der Waals surface area contributed by atoms with Crippen molar-refractivity contribution in [2.45, 2.75) is 38.8 Å². The lowest BCUT2D eigenvalue weighted by Crippen LogP contribution is -2.45. The second-order valence-electron chi connectivity index (χ2n) is 4.61. The van der Waals surface area contributed by atoms with Gasteiger partial charge in [-0.25, -0.2) is 4.63 Å². The van der Waals surface area contributed by atoms with Gasteiger partial charge in [-0.15, -0.1) is 0 Å². The lowest BCUT2D eigenvalue weighted by atomic mass is 9.95. The van der Waals surface area contributed by atoms with Crippen LogP contribution >= 0.6 is 0 Å². The van der Waals surface area contributed by atoms with Gasteiger partial charge in [0.1, 0.15) is 11.4 Å². The van der Waals surface area contributed by atoms with Crippen molar-refractivity contribution in [3.05, 3.63) is 11.4 Å². The van der Waals surface area contributed by atoms with Crippen molar-refractivity contribution in [1.82, 2.24) is 15.2 Å². The van der Waals surface area contributed by atoms with E-state index in [-0.39, 0.29) is 0 Å². The van der Waals surface area contributed by atoms with Gasteiger partial charge in [0.2, 0.25) is 0 Å². The zero-order valence-electron chi connectivity index (χ0n) is 9.23. The van der Waals surface area contributed by atoms with E-state index in [1.54, 1.807) is 0 Å². The van der Waals surface area contributed by atoms with Crippen LogP contribution in [0.5, 0.6) is 0 Å². The molecule has 1 unspecified atom stereocenters. The number of rotatable bonds is 2. The van der Waals surface area contributed by atoms with Gasteiger partial charge in [0.25, 0.3) is 0 Å². The fourth-order valence-corrected chi connectivity index (χ4v) is 2.06. The summed E-state index contributed by atoms with van der Waals surface area (Å²) in [4.78, 5) is 2.19. The number of aliphatic hydroxyl groups is 1. The fourth-order valence-electron chi connectivity index (χ4n) is 2.06. The standard InChI is InChI=1S/C10H17N3O2/c1-8-9(12-15-11-8)6-13-5-3-4-10(2,14)7-13/h14H,3-7H2,1-2H3. The highest BCUT2D eigenvalue weighted by Gasteiger charge is 2.28. The minimum atomic E-state index is -0.566. The van der Waals surface area contributed by atoms with Crippen LogP contribution in [0.25, 0.3) is 0 Å². The molecule has 0 radical (unpaired) electrons. The maximum absolute atomic E-state index is 9.94. The molecule has 0 aliphatic carbocycles. The molecule has 15 heavy (non-hydrogen) atoms. The van der Waals surface area contributed by atoms with Gasteiger partial charge in [0.05, 0.1) is 5.60 Å². The summed E-state index contributed by atoms with van der Waals surface area (Å²) in [6, 6.07) is 0. The van der Waals surface area contributed by atoms with Crippen LogP contribution in [0.2, 0.25) is 0 Å². The topological polar surface area (TPSA) is 62.4 Å². The van der Waals surface area contributed by atoms with Gasteiger partial charge < -0.3 is 5.11 Å². The number of hydrogen-bond acceptors (Lipinski definition) is 5. The van der Waals surface area contributed by atoms with Gasteiger partial charge in [-0.2, -0.15) is 0 Å². The molecule has 0 aromatic carbocycles. The molecule has 2 rings (SSSR count). The second-order valence-corrected chi connectivity index (χ2v) is 4.61. The van der Waals surface area contributed by atoms with Crippen LogP contribution in [-0.4, -0.2) is 39.0 Å². The molecule has 1 aromatic rings. The molecule has 0 bridgehead atoms. The Hall–Kier alpha value is -0.940. The zero-order valence-corrected chi connectivity index (χ0v) is 9.23. The Labute approximate surface area is 89.0 Å². The van der Waals surface area contributed by atoms with Crippen molar-refractivity contribution in [3.63, 3.8) is 0 Å². The third-order valence-electron chi connectivity index (χ3n) is 2.87. The first-order valence-corrected chi connectivity index (χ1v) is 5.30. The molecule has 1 aliphatic heterocycles. The van der Waals surface area contributed by atoms with Gasteiger partial charge >= 0.3 is 0 Å². The van der Waals surface area contributed by atoms with E-state index in [0.717, 1.165) is 30.8 Å². The van der Waals surface area contributed by atoms with Crippen LogP contribution < -0.4 is 0 Å². The first-order chi connectivity index (χ1) is 7.07. The van der Waals surface area contributed by atoms with Crippen LogP contribution in [0, 0.1) is 6.92 Å². The highest BCUT2D eigenvalue weighted by Crippen LogP contribution is 2.21. The lowest BCUT2D eigenvalue weighted by Gasteiger charge is -2.36. The molecule has 1 atom stereocenters. The number of aryl methyl sites for hydroxylation is 1. The molecule has 1 saturated heterocycles. The summed E-state index contributed by atoms with van der Waals surface area (Å²) < 4.78 is 4.65. The van der Waals surface area contributed by atoms with Crippen molar-refractivity contribution < 1.29 is 9.74 Å². The van der Waals surface area contributed by atoms with Crippen LogP contribution in [0.4, 0.5) is 0 Å². The first kappa shape index (κ1) is 10.6. The van der Waals surface area contributed by atoms with Crippen molar-refractivity contribution in [3.8, 4) is 0 Å². The molecule has 1 N–H and O–H groups in total. The van der Waals surface area contributed by atoms with Crippen LogP contribution in [0.1, 0.15) is 31.2 Å². The summed E-state index contributed by atoms with van der Waals surface area (Å²) in [5, 5.41) is 17.5. The average molecular weight is 211 g/mol. The van der Waals surface area contributed by atoms with Crippen LogP contribution in [-0.2, 0) is 6.54 Å². The summed E-state index contributed by atoms with van der Waals surface area (Å²) in [7, 11) is 0. The Morgan fingerprint density at radius 3 is 2.93 bits per heavy atom. The lowest BCUT2D eigenvalue weighted by molar-refractivity contribution is -0.0187. The van der Waals surface area contributed by atoms with Gasteiger partial charge in [-0.3, -0.25) is 4.90 Å². The van der Waals surface area contributed by atoms with E-state index in [2.05, 4.69) is 19.8 Å². The van der Waals surface area contributed by atoms with Crippen molar-refractivity contribution in [2.24, 2.45) is 0 Å². The fraction of sp³-hybridized carbons (Fsp3) is 0.800. The summed E-state index contributed by atoms with van der Waals surface area (Å²) in [5.74, 6) is 0. The average Bonchev–Trinajstić information content (AvgIpc) is 2.50. The largest absolute Gasteiger partial charge is 0.389 e. The minimum Gasteiger partial charge on any atom is -0.389 e. The highest BCUT2D eigenvalue weighted by atomic mass is 16.6. The number of aromatic nitrogens is 2. The predicted molar refractivity (Wildman–Crippen MR) is 54.2 cm³/mol. The van der Waals surface area contributed by atoms with E-state index in [4.69, 9.17) is 0 Å². The third kappa shape index (κ3) is 2.54. The molecule has 5 heteroatoms. The van der Waals surface area contributed by atoms with E-state index in [9.17, 15) is 5.11 Å². The quantitative estimate of drug-likeness (QED) is 0.781. The summed E-state index contributed by atoms with van der Waals surface area (Å²) >= 11 is 0. The molecule has 2 heterocycles. The number of β-amino-alcohol motifs (C(OH)–C–C–N with tert-alkyl or cyclic N) is 1. The number of nitrogens with zero attached hydrogens (tertiary/aromatic N) is 3. The molecule has 0 saturated carbocycles. The SMILES string of the molecule is Cc1nonc1CN1CCCC(C)(O)C1. The Morgan fingerprint density at radius 1 is 1.53 bits per heavy atom. The Kier molecular flexibility index (Phi) is 2.75. The normalized spacial score (nSPS) is 28.2. The Morgan fingerprint density at radius 2 is 2.33 bits per heavy atom. The van der Waals surface area contributed by atoms with E-state index in [1.807, 2.05) is 13.8 Å². The van der Waals surface area contributed by atoms with Crippen LogP contribution in [0.15, 0.2) is 4.63 Å². The van der Waals surface area contributed by atoms with Gasteiger partial charge in [-0.1, -0.05) is 10.3 Å². The van der Waals surface area contributed by atoms with Gasteiger partial charge in [0, 0.05) is 13.1 Å². The summed E-state index contributed by atoms with van der Waals surface area (Å²) in [6.45, 7) is 6.17. The highest BCUT2D eigenvalue weighted by molar-refractivity contribution is 5.04. The molecular weight excluding hydrogens is 194 g/mol. The van der Waals surface area contributed by atoms with E-state index < -0.39 is 5.60 Å². The second kappa shape index (κ2) is 3.90. The number of hydrogen-bond donors (Lipinski definition) is 1. The maximum atomic E-state index is 9.94. The van der Waals surface area contributed by atoms with E-state index >= 15 is 0 Å². The van der Waals surface area contributed by atoms with Crippen molar-refractivity contribution in [2.75, 3.05) is 13.1 Å². The molecule has 0 spiro atoms. The minimum absolute atomic E-state index is 0.566.